The highest BCUT2D eigenvalue weighted by Crippen LogP contribution is 2.00. The molecule has 0 radical (unpaired) electrons. The predicted octanol–water partition coefficient (Wildman–Crippen LogP) is 0.890. The molecule has 1 atom stereocenters. The molecular formula is C15H20N2O5S. The number of hydrogen-bond donors (Lipinski definition) is 3. The van der Waals surface area contributed by atoms with E-state index in [-0.39, 0.29) is 25.3 Å². The van der Waals surface area contributed by atoms with Crippen LogP contribution in [0.4, 0.5) is 4.79 Å². The molecule has 1 unspecified atom stereocenters. The van der Waals surface area contributed by atoms with Crippen LogP contribution in [0.5, 0.6) is 0 Å². The van der Waals surface area contributed by atoms with Crippen LogP contribution in [0, 0.1) is 0 Å². The molecule has 0 fully saturated rings. The van der Waals surface area contributed by atoms with Crippen molar-refractivity contribution in [2.45, 2.75) is 19.1 Å². The Labute approximate surface area is 140 Å². The van der Waals surface area contributed by atoms with Gasteiger partial charge in [-0.3, -0.25) is 4.79 Å². The molecule has 1 aromatic rings. The molecule has 7 nitrogen and oxygen atoms in total. The number of carbonyl (C=O) groups is 3. The Morgan fingerprint density at radius 3 is 2.52 bits per heavy atom. The van der Waals surface area contributed by atoms with E-state index < -0.39 is 24.0 Å². The van der Waals surface area contributed by atoms with Gasteiger partial charge in [0.15, 0.2) is 0 Å². The van der Waals surface area contributed by atoms with Gasteiger partial charge in [-0.25, -0.2) is 9.59 Å². The summed E-state index contributed by atoms with van der Waals surface area (Å²) in [6, 6.07) is 8.44. The molecule has 23 heavy (non-hydrogen) atoms. The first-order chi connectivity index (χ1) is 11.1. The minimum Gasteiger partial charge on any atom is -0.467 e. The van der Waals surface area contributed by atoms with Crippen LogP contribution in [-0.4, -0.2) is 43.4 Å². The number of amides is 2. The van der Waals surface area contributed by atoms with E-state index in [1.165, 1.54) is 7.11 Å². The van der Waals surface area contributed by atoms with Gasteiger partial charge in [-0.15, -0.1) is 0 Å². The third-order valence-electron chi connectivity index (χ3n) is 2.84. The van der Waals surface area contributed by atoms with Crippen LogP contribution in [0.2, 0.25) is 0 Å². The molecule has 126 valence electrons. The van der Waals surface area contributed by atoms with E-state index in [1.807, 2.05) is 30.3 Å². The summed E-state index contributed by atoms with van der Waals surface area (Å²) in [4.78, 5) is 34.4. The number of nitrogens with one attached hydrogen (secondary N) is 2. The zero-order valence-electron chi connectivity index (χ0n) is 12.8. The van der Waals surface area contributed by atoms with Gasteiger partial charge in [-0.05, 0) is 5.56 Å². The van der Waals surface area contributed by atoms with Crippen molar-refractivity contribution in [2.75, 3.05) is 19.4 Å². The van der Waals surface area contributed by atoms with Crippen LogP contribution in [0.25, 0.3) is 0 Å². The smallest absolute Gasteiger partial charge is 0.407 e. The van der Waals surface area contributed by atoms with Crippen molar-refractivity contribution in [2.24, 2.45) is 0 Å². The van der Waals surface area contributed by atoms with Crippen LogP contribution < -0.4 is 10.6 Å². The molecular weight excluding hydrogens is 320 g/mol. The van der Waals surface area contributed by atoms with Gasteiger partial charge in [0.1, 0.15) is 12.6 Å². The molecule has 0 saturated carbocycles. The quantitative estimate of drug-likeness (QED) is 0.483. The van der Waals surface area contributed by atoms with Crippen molar-refractivity contribution < 1.29 is 23.9 Å². The van der Waals surface area contributed by atoms with E-state index in [0.29, 0.717) is 0 Å². The lowest BCUT2D eigenvalue weighted by Crippen LogP contribution is -2.43. The fraction of sp³-hybridized carbons (Fsp3) is 0.400. The minimum absolute atomic E-state index is 0.0156. The average molecular weight is 340 g/mol. The van der Waals surface area contributed by atoms with Crippen molar-refractivity contribution in [1.29, 1.82) is 0 Å². The van der Waals surface area contributed by atoms with Gasteiger partial charge in [-0.2, -0.15) is 12.6 Å². The summed E-state index contributed by atoms with van der Waals surface area (Å²) in [5.41, 5.74) is 0.870. The molecule has 1 rings (SSSR count). The average Bonchev–Trinajstić information content (AvgIpc) is 2.58. The van der Waals surface area contributed by atoms with E-state index in [9.17, 15) is 14.4 Å². The first-order valence-electron chi connectivity index (χ1n) is 6.99. The second kappa shape index (κ2) is 10.5. The number of rotatable bonds is 8. The number of carbonyl (C=O) groups excluding carboxylic acids is 3. The maximum Gasteiger partial charge on any atom is 0.407 e. The number of hydrogen-bond acceptors (Lipinski definition) is 6. The standard InChI is InChI=1S/C15H20N2O5S/c1-21-14(19)12(10-23)17-13(18)7-8-16-15(20)22-9-11-5-3-2-4-6-11/h2-6,12,23H,7-10H2,1H3,(H,16,20)(H,17,18). The molecule has 1 aromatic carbocycles. The van der Waals surface area contributed by atoms with E-state index in [2.05, 4.69) is 28.0 Å². The van der Waals surface area contributed by atoms with Crippen molar-refractivity contribution in [3.63, 3.8) is 0 Å². The molecule has 2 amide bonds. The topological polar surface area (TPSA) is 93.7 Å². The zero-order chi connectivity index (χ0) is 17.1. The third-order valence-corrected chi connectivity index (χ3v) is 3.20. The fourth-order valence-corrected chi connectivity index (χ4v) is 1.88. The van der Waals surface area contributed by atoms with Crippen LogP contribution in [0.1, 0.15) is 12.0 Å². The van der Waals surface area contributed by atoms with Gasteiger partial charge < -0.3 is 20.1 Å². The molecule has 0 bridgehead atoms. The van der Waals surface area contributed by atoms with Crippen LogP contribution >= 0.6 is 12.6 Å². The molecule has 0 aliphatic carbocycles. The number of methoxy groups -OCH3 is 1. The Morgan fingerprint density at radius 1 is 1.22 bits per heavy atom. The molecule has 8 heteroatoms. The van der Waals surface area contributed by atoms with Crippen LogP contribution in [-0.2, 0) is 25.7 Å². The SMILES string of the molecule is COC(=O)C(CS)NC(=O)CCNC(=O)OCc1ccccc1. The summed E-state index contributed by atoms with van der Waals surface area (Å²) in [6.45, 7) is 0.253. The summed E-state index contributed by atoms with van der Waals surface area (Å²) < 4.78 is 9.53. The lowest BCUT2D eigenvalue weighted by molar-refractivity contribution is -0.144. The minimum atomic E-state index is -0.805. The van der Waals surface area contributed by atoms with E-state index in [0.717, 1.165) is 5.56 Å². The third kappa shape index (κ3) is 7.55. The molecule has 0 aromatic heterocycles. The van der Waals surface area contributed by atoms with Gasteiger partial charge in [-0.1, -0.05) is 30.3 Å². The van der Waals surface area contributed by atoms with Gasteiger partial charge in [0.25, 0.3) is 0 Å². The maximum absolute atomic E-state index is 11.6. The first-order valence-corrected chi connectivity index (χ1v) is 7.62. The number of esters is 1. The Bertz CT molecular complexity index is 524. The molecule has 0 spiro atoms. The van der Waals surface area contributed by atoms with Gasteiger partial charge in [0.05, 0.1) is 7.11 Å². The largest absolute Gasteiger partial charge is 0.467 e. The fourth-order valence-electron chi connectivity index (χ4n) is 1.64. The molecule has 0 aliphatic heterocycles. The van der Waals surface area contributed by atoms with Crippen LogP contribution in [0.15, 0.2) is 30.3 Å². The number of ether oxygens (including phenoxy) is 2. The Balaban J connectivity index is 2.21. The Morgan fingerprint density at radius 2 is 1.91 bits per heavy atom. The number of benzene rings is 1. The first kappa shape index (κ1) is 18.8. The van der Waals surface area contributed by atoms with E-state index in [4.69, 9.17) is 4.74 Å². The Hall–Kier alpha value is -2.22. The summed E-state index contributed by atoms with van der Waals surface area (Å²) in [5, 5.41) is 4.93. The number of thiol groups is 1. The molecule has 0 aliphatic rings. The molecule has 0 saturated heterocycles. The van der Waals surface area contributed by atoms with Crippen molar-refractivity contribution in [3.05, 3.63) is 35.9 Å². The molecule has 2 N–H and O–H groups in total. The van der Waals surface area contributed by atoms with E-state index in [1.54, 1.807) is 0 Å². The number of alkyl carbamates (subject to hydrolysis) is 1. The van der Waals surface area contributed by atoms with Crippen molar-refractivity contribution in [1.82, 2.24) is 10.6 Å². The van der Waals surface area contributed by atoms with E-state index >= 15 is 0 Å². The monoisotopic (exact) mass is 340 g/mol. The maximum atomic E-state index is 11.6. The predicted molar refractivity (Wildman–Crippen MR) is 87.0 cm³/mol. The second-order valence-electron chi connectivity index (χ2n) is 4.56. The normalized spacial score (nSPS) is 11.2. The van der Waals surface area contributed by atoms with Gasteiger partial charge in [0.2, 0.25) is 5.91 Å². The van der Waals surface area contributed by atoms with Crippen LogP contribution in [0.3, 0.4) is 0 Å². The lowest BCUT2D eigenvalue weighted by Gasteiger charge is -2.14. The summed E-state index contributed by atoms with van der Waals surface area (Å²) >= 11 is 3.96. The van der Waals surface area contributed by atoms with Gasteiger partial charge >= 0.3 is 12.1 Å². The summed E-state index contributed by atoms with van der Waals surface area (Å²) in [5.74, 6) is -0.827. The lowest BCUT2D eigenvalue weighted by atomic mass is 10.2. The summed E-state index contributed by atoms with van der Waals surface area (Å²) in [7, 11) is 1.23. The van der Waals surface area contributed by atoms with Crippen molar-refractivity contribution in [3.8, 4) is 0 Å². The highest BCUT2D eigenvalue weighted by molar-refractivity contribution is 7.80. The summed E-state index contributed by atoms with van der Waals surface area (Å²) in [6.07, 6.45) is -0.595. The molecule has 0 heterocycles. The highest BCUT2D eigenvalue weighted by Gasteiger charge is 2.19. The Kier molecular flexibility index (Phi) is 8.59. The zero-order valence-corrected chi connectivity index (χ0v) is 13.7. The van der Waals surface area contributed by atoms with Crippen molar-refractivity contribution >= 4 is 30.6 Å². The van der Waals surface area contributed by atoms with Gasteiger partial charge in [0, 0.05) is 18.7 Å². The second-order valence-corrected chi connectivity index (χ2v) is 4.93. The highest BCUT2D eigenvalue weighted by atomic mass is 32.1.